The van der Waals surface area contributed by atoms with Gasteiger partial charge in [-0.15, -0.1) is 0 Å². The second-order valence-electron chi connectivity index (χ2n) is 6.09. The second kappa shape index (κ2) is 5.05. The molecule has 1 aromatic rings. The lowest BCUT2D eigenvalue weighted by atomic mass is 9.77. The Balaban J connectivity index is 1.80. The molecule has 2 fully saturated rings. The third-order valence-electron chi connectivity index (χ3n) is 4.95. The minimum absolute atomic E-state index is 0.0352. The van der Waals surface area contributed by atoms with E-state index < -0.39 is 11.6 Å². The highest BCUT2D eigenvalue weighted by atomic mass is 19.1. The Bertz CT molecular complexity index is 523. The van der Waals surface area contributed by atoms with E-state index in [1.165, 1.54) is 25.7 Å². The molecule has 1 spiro atoms. The fourth-order valence-electron chi connectivity index (χ4n) is 3.76. The van der Waals surface area contributed by atoms with E-state index in [0.29, 0.717) is 18.5 Å². The first-order chi connectivity index (χ1) is 9.63. The van der Waals surface area contributed by atoms with E-state index in [2.05, 4.69) is 0 Å². The molecule has 2 nitrogen and oxygen atoms in total. The van der Waals surface area contributed by atoms with Gasteiger partial charge in [-0.25, -0.2) is 8.78 Å². The van der Waals surface area contributed by atoms with Crippen LogP contribution in [0, 0.1) is 28.4 Å². The van der Waals surface area contributed by atoms with Gasteiger partial charge in [-0.3, -0.25) is 0 Å². The lowest BCUT2D eigenvalue weighted by molar-refractivity contribution is 0.225. The van der Waals surface area contributed by atoms with Crippen LogP contribution in [0.5, 0.6) is 0 Å². The molecule has 2 aliphatic rings. The van der Waals surface area contributed by atoms with Gasteiger partial charge in [0.15, 0.2) is 11.6 Å². The lowest BCUT2D eigenvalue weighted by Gasteiger charge is -2.40. The van der Waals surface area contributed by atoms with E-state index in [1.54, 1.807) is 11.0 Å². The molecule has 0 amide bonds. The monoisotopic (exact) mass is 276 g/mol. The molecule has 0 N–H and O–H groups in total. The summed E-state index contributed by atoms with van der Waals surface area (Å²) in [6.45, 7) is 1.42. The number of piperidine rings is 1. The molecule has 20 heavy (non-hydrogen) atoms. The van der Waals surface area contributed by atoms with Gasteiger partial charge < -0.3 is 4.90 Å². The highest BCUT2D eigenvalue weighted by Crippen LogP contribution is 2.47. The first-order valence-corrected chi connectivity index (χ1v) is 7.28. The molecule has 3 rings (SSSR count). The maximum Gasteiger partial charge on any atom is 0.150 e. The van der Waals surface area contributed by atoms with Gasteiger partial charge in [0.1, 0.15) is 5.69 Å². The molecule has 0 aromatic heterocycles. The van der Waals surface area contributed by atoms with E-state index in [-0.39, 0.29) is 11.3 Å². The molecule has 1 aliphatic carbocycles. The Kier molecular flexibility index (Phi) is 3.37. The zero-order chi connectivity index (χ0) is 14.2. The van der Waals surface area contributed by atoms with Gasteiger partial charge in [-0.1, -0.05) is 12.8 Å². The summed E-state index contributed by atoms with van der Waals surface area (Å²) in [5, 5.41) is 8.73. The normalized spacial score (nSPS) is 21.1. The molecule has 0 bridgehead atoms. The summed E-state index contributed by atoms with van der Waals surface area (Å²) in [6.07, 6.45) is 7.15. The third kappa shape index (κ3) is 2.26. The van der Waals surface area contributed by atoms with Crippen molar-refractivity contribution in [1.82, 2.24) is 0 Å². The van der Waals surface area contributed by atoms with Gasteiger partial charge in [0.25, 0.3) is 0 Å². The zero-order valence-electron chi connectivity index (χ0n) is 11.5. The number of hydrogen-bond acceptors (Lipinski definition) is 2. The fraction of sp³-hybridized carbons (Fsp3) is 0.562. The number of nitriles is 1. The number of anilines is 1. The summed E-state index contributed by atoms with van der Waals surface area (Å²) in [6, 6.07) is 4.03. The molecule has 1 saturated carbocycles. The predicted octanol–water partition coefficient (Wildman–Crippen LogP) is 4.00. The van der Waals surface area contributed by atoms with Crippen LogP contribution in [0.15, 0.2) is 12.1 Å². The van der Waals surface area contributed by atoms with Gasteiger partial charge in [0.05, 0.1) is 11.6 Å². The van der Waals surface area contributed by atoms with Crippen molar-refractivity contribution in [3.8, 4) is 6.07 Å². The third-order valence-corrected chi connectivity index (χ3v) is 4.95. The van der Waals surface area contributed by atoms with E-state index >= 15 is 0 Å². The number of nitrogens with zero attached hydrogens (tertiary/aromatic N) is 2. The van der Waals surface area contributed by atoms with Gasteiger partial charge >= 0.3 is 0 Å². The van der Waals surface area contributed by atoms with Crippen molar-refractivity contribution in [3.05, 3.63) is 29.3 Å². The molecule has 1 aromatic carbocycles. The zero-order valence-corrected chi connectivity index (χ0v) is 11.5. The summed E-state index contributed by atoms with van der Waals surface area (Å²) in [5.41, 5.74) is 0.501. The van der Waals surface area contributed by atoms with E-state index in [4.69, 9.17) is 5.26 Å². The van der Waals surface area contributed by atoms with Crippen molar-refractivity contribution >= 4 is 5.69 Å². The van der Waals surface area contributed by atoms with Gasteiger partial charge in [0.2, 0.25) is 0 Å². The molecule has 1 aliphatic heterocycles. The van der Waals surface area contributed by atoms with Crippen molar-refractivity contribution in [2.75, 3.05) is 18.0 Å². The van der Waals surface area contributed by atoms with Gasteiger partial charge in [0, 0.05) is 13.1 Å². The average molecular weight is 276 g/mol. The average Bonchev–Trinajstić information content (AvgIpc) is 2.88. The van der Waals surface area contributed by atoms with Gasteiger partial charge in [-0.2, -0.15) is 5.26 Å². The molecule has 1 saturated heterocycles. The molecule has 0 unspecified atom stereocenters. The van der Waals surface area contributed by atoms with Crippen molar-refractivity contribution in [1.29, 1.82) is 5.26 Å². The first kappa shape index (κ1) is 13.4. The Morgan fingerprint density at radius 1 is 1.00 bits per heavy atom. The molecular weight excluding hydrogens is 258 g/mol. The first-order valence-electron chi connectivity index (χ1n) is 7.28. The topological polar surface area (TPSA) is 27.0 Å². The van der Waals surface area contributed by atoms with Crippen LogP contribution >= 0.6 is 0 Å². The quantitative estimate of drug-likeness (QED) is 0.775. The van der Waals surface area contributed by atoms with Crippen molar-refractivity contribution in [2.45, 2.75) is 38.5 Å². The summed E-state index contributed by atoms with van der Waals surface area (Å²) >= 11 is 0. The summed E-state index contributed by atoms with van der Waals surface area (Å²) < 4.78 is 28.0. The summed E-state index contributed by atoms with van der Waals surface area (Å²) in [7, 11) is 0. The maximum absolute atomic E-state index is 14.0. The summed E-state index contributed by atoms with van der Waals surface area (Å²) in [4.78, 5) is 1.80. The number of benzene rings is 1. The van der Waals surface area contributed by atoms with E-state index in [0.717, 1.165) is 25.0 Å². The highest BCUT2D eigenvalue weighted by molar-refractivity contribution is 5.53. The van der Waals surface area contributed by atoms with Crippen LogP contribution in [0.25, 0.3) is 0 Å². The smallest absolute Gasteiger partial charge is 0.150 e. The predicted molar refractivity (Wildman–Crippen MR) is 73.4 cm³/mol. The largest absolute Gasteiger partial charge is 0.367 e. The minimum atomic E-state index is -0.621. The van der Waals surface area contributed by atoms with Crippen LogP contribution < -0.4 is 4.90 Å². The standard InChI is InChI=1S/C16H18F2N2/c17-13-9-12(11-19)10-14(18)15(13)20-7-5-16(6-8-20)3-1-2-4-16/h9-10H,1-8H2. The Morgan fingerprint density at radius 3 is 2.05 bits per heavy atom. The SMILES string of the molecule is N#Cc1cc(F)c(N2CCC3(CCCC3)CC2)c(F)c1. The van der Waals surface area contributed by atoms with Crippen LogP contribution in [0.4, 0.5) is 14.5 Å². The molecule has 0 radical (unpaired) electrons. The summed E-state index contributed by atoms with van der Waals surface area (Å²) in [5.74, 6) is -1.24. The lowest BCUT2D eigenvalue weighted by Crippen LogP contribution is -2.39. The molecule has 4 heteroatoms. The number of halogens is 2. The Labute approximate surface area is 118 Å². The van der Waals surface area contributed by atoms with Crippen LogP contribution in [-0.2, 0) is 0 Å². The fourth-order valence-corrected chi connectivity index (χ4v) is 3.76. The maximum atomic E-state index is 14.0. The number of rotatable bonds is 1. The molecular formula is C16H18F2N2. The Morgan fingerprint density at radius 2 is 1.55 bits per heavy atom. The van der Waals surface area contributed by atoms with Gasteiger partial charge in [-0.05, 0) is 43.2 Å². The van der Waals surface area contributed by atoms with Crippen LogP contribution in [0.2, 0.25) is 0 Å². The van der Waals surface area contributed by atoms with E-state index in [1.807, 2.05) is 0 Å². The second-order valence-corrected chi connectivity index (χ2v) is 6.09. The number of hydrogen-bond donors (Lipinski definition) is 0. The van der Waals surface area contributed by atoms with Crippen LogP contribution in [0.1, 0.15) is 44.1 Å². The van der Waals surface area contributed by atoms with Crippen molar-refractivity contribution in [2.24, 2.45) is 5.41 Å². The highest BCUT2D eigenvalue weighted by Gasteiger charge is 2.37. The Hall–Kier alpha value is -1.63. The van der Waals surface area contributed by atoms with Crippen molar-refractivity contribution in [3.63, 3.8) is 0 Å². The molecule has 106 valence electrons. The van der Waals surface area contributed by atoms with Crippen molar-refractivity contribution < 1.29 is 8.78 Å². The van der Waals surface area contributed by atoms with Crippen LogP contribution in [0.3, 0.4) is 0 Å². The molecule has 1 heterocycles. The van der Waals surface area contributed by atoms with E-state index in [9.17, 15) is 8.78 Å². The minimum Gasteiger partial charge on any atom is -0.367 e. The molecule has 0 atom stereocenters. The van der Waals surface area contributed by atoms with Crippen LogP contribution in [-0.4, -0.2) is 13.1 Å².